The number of methoxy groups -OCH3 is 1. The number of rotatable bonds is 6. The lowest BCUT2D eigenvalue weighted by Crippen LogP contribution is -2.42. The van der Waals surface area contributed by atoms with Crippen molar-refractivity contribution >= 4 is 23.5 Å². The maximum Gasteiger partial charge on any atom is 0.409 e. The van der Waals surface area contributed by atoms with Gasteiger partial charge in [0.2, 0.25) is 0 Å². The van der Waals surface area contributed by atoms with Crippen LogP contribution >= 0.6 is 0 Å². The first-order chi connectivity index (χ1) is 14.1. The van der Waals surface area contributed by atoms with Gasteiger partial charge in [-0.3, -0.25) is 4.79 Å². The lowest BCUT2D eigenvalue weighted by atomic mass is 10.1. The minimum absolute atomic E-state index is 0.185. The van der Waals surface area contributed by atoms with Gasteiger partial charge in [0.1, 0.15) is 11.6 Å². The number of pyridine rings is 1. The van der Waals surface area contributed by atoms with Gasteiger partial charge in [0, 0.05) is 42.6 Å². The Bertz CT molecular complexity index is 850. The van der Waals surface area contributed by atoms with Crippen molar-refractivity contribution in [2.75, 3.05) is 37.4 Å². The fourth-order valence-electron chi connectivity index (χ4n) is 3.19. The van der Waals surface area contributed by atoms with E-state index in [4.69, 9.17) is 9.47 Å². The van der Waals surface area contributed by atoms with Gasteiger partial charge in [-0.25, -0.2) is 9.78 Å². The van der Waals surface area contributed by atoms with Gasteiger partial charge >= 0.3 is 6.09 Å². The summed E-state index contributed by atoms with van der Waals surface area (Å²) in [5, 5.41) is 6.22. The summed E-state index contributed by atoms with van der Waals surface area (Å²) in [6.45, 7) is 3.44. The number of benzene rings is 1. The molecule has 29 heavy (non-hydrogen) atoms. The molecule has 1 aliphatic rings. The van der Waals surface area contributed by atoms with Crippen LogP contribution in [0.25, 0.3) is 0 Å². The fraction of sp³-hybridized carbons (Fsp3) is 0.381. The largest absolute Gasteiger partial charge is 0.497 e. The number of anilines is 2. The molecule has 1 aromatic heterocycles. The van der Waals surface area contributed by atoms with Crippen LogP contribution in [0.15, 0.2) is 42.6 Å². The molecule has 0 spiro atoms. The minimum atomic E-state index is -0.264. The molecule has 2 N–H and O–H groups in total. The van der Waals surface area contributed by atoms with Gasteiger partial charge in [-0.15, -0.1) is 0 Å². The zero-order chi connectivity index (χ0) is 20.6. The molecule has 2 aromatic rings. The summed E-state index contributed by atoms with van der Waals surface area (Å²) in [6, 6.07) is 10.8. The number of hydrogen-bond donors (Lipinski definition) is 2. The van der Waals surface area contributed by atoms with Gasteiger partial charge in [0.15, 0.2) is 0 Å². The van der Waals surface area contributed by atoms with E-state index < -0.39 is 0 Å². The Morgan fingerprint density at radius 3 is 2.72 bits per heavy atom. The topological polar surface area (TPSA) is 92.8 Å². The Morgan fingerprint density at radius 1 is 1.21 bits per heavy atom. The van der Waals surface area contributed by atoms with E-state index in [9.17, 15) is 9.59 Å². The second-order valence-corrected chi connectivity index (χ2v) is 6.72. The monoisotopic (exact) mass is 398 g/mol. The smallest absolute Gasteiger partial charge is 0.409 e. The molecule has 0 saturated carbocycles. The molecule has 154 valence electrons. The van der Waals surface area contributed by atoms with Crippen molar-refractivity contribution in [3.8, 4) is 5.75 Å². The first-order valence-electron chi connectivity index (χ1n) is 9.68. The van der Waals surface area contributed by atoms with E-state index in [0.717, 1.165) is 12.8 Å². The van der Waals surface area contributed by atoms with E-state index in [-0.39, 0.29) is 18.0 Å². The molecule has 8 nitrogen and oxygen atoms in total. The van der Waals surface area contributed by atoms with Crippen LogP contribution in [-0.4, -0.2) is 54.7 Å². The third kappa shape index (κ3) is 5.60. The van der Waals surface area contributed by atoms with Crippen molar-refractivity contribution < 1.29 is 19.1 Å². The molecule has 3 rings (SSSR count). The standard InChI is InChI=1S/C21H26N4O4/c1-3-29-21(27)25-11-8-16(9-12-25)23-19-13-15(7-10-22-19)20(26)24-17-5-4-6-18(14-17)28-2/h4-7,10,13-14,16H,3,8-9,11-12H2,1-2H3,(H,22,23)(H,24,26). The van der Waals surface area contributed by atoms with Crippen LogP contribution in [0.5, 0.6) is 5.75 Å². The first-order valence-corrected chi connectivity index (χ1v) is 9.68. The molecule has 1 aliphatic heterocycles. The summed E-state index contributed by atoms with van der Waals surface area (Å²) in [5.74, 6) is 1.09. The molecule has 1 saturated heterocycles. The molecule has 0 radical (unpaired) electrons. The van der Waals surface area contributed by atoms with Crippen LogP contribution in [0.2, 0.25) is 0 Å². The van der Waals surface area contributed by atoms with Crippen LogP contribution in [0, 0.1) is 0 Å². The number of ether oxygens (including phenoxy) is 2. The van der Waals surface area contributed by atoms with Gasteiger partial charge in [-0.05, 0) is 44.0 Å². The van der Waals surface area contributed by atoms with E-state index in [2.05, 4.69) is 15.6 Å². The zero-order valence-electron chi connectivity index (χ0n) is 16.7. The van der Waals surface area contributed by atoms with Crippen molar-refractivity contribution in [1.82, 2.24) is 9.88 Å². The Hall–Kier alpha value is -3.29. The molecule has 0 unspecified atom stereocenters. The van der Waals surface area contributed by atoms with Crippen molar-refractivity contribution in [2.45, 2.75) is 25.8 Å². The average Bonchev–Trinajstić information content (AvgIpc) is 2.75. The third-order valence-corrected chi connectivity index (χ3v) is 4.72. The van der Waals surface area contributed by atoms with Gasteiger partial charge in [0.25, 0.3) is 5.91 Å². The third-order valence-electron chi connectivity index (χ3n) is 4.72. The fourth-order valence-corrected chi connectivity index (χ4v) is 3.19. The highest BCUT2D eigenvalue weighted by Crippen LogP contribution is 2.19. The van der Waals surface area contributed by atoms with Crippen molar-refractivity contribution in [3.05, 3.63) is 48.2 Å². The summed E-state index contributed by atoms with van der Waals surface area (Å²) in [7, 11) is 1.58. The first kappa shape index (κ1) is 20.4. The Morgan fingerprint density at radius 2 is 2.00 bits per heavy atom. The predicted molar refractivity (Wildman–Crippen MR) is 110 cm³/mol. The number of piperidine rings is 1. The van der Waals surface area contributed by atoms with E-state index in [0.29, 0.717) is 42.5 Å². The van der Waals surface area contributed by atoms with Crippen LogP contribution < -0.4 is 15.4 Å². The SMILES string of the molecule is CCOC(=O)N1CCC(Nc2cc(C(=O)Nc3cccc(OC)c3)ccn2)CC1. The highest BCUT2D eigenvalue weighted by atomic mass is 16.6. The Labute approximate surface area is 170 Å². The summed E-state index contributed by atoms with van der Waals surface area (Å²) in [6.07, 6.45) is 2.93. The van der Waals surface area contributed by atoms with Crippen LogP contribution in [0.1, 0.15) is 30.1 Å². The van der Waals surface area contributed by atoms with E-state index >= 15 is 0 Å². The number of amides is 2. The number of hydrogen-bond acceptors (Lipinski definition) is 6. The summed E-state index contributed by atoms with van der Waals surface area (Å²) in [5.41, 5.74) is 1.17. The van der Waals surface area contributed by atoms with Gasteiger partial charge in [-0.1, -0.05) is 6.07 Å². The van der Waals surface area contributed by atoms with E-state index in [1.165, 1.54) is 0 Å². The van der Waals surface area contributed by atoms with Gasteiger partial charge in [-0.2, -0.15) is 0 Å². The average molecular weight is 398 g/mol. The second-order valence-electron chi connectivity index (χ2n) is 6.72. The number of carbonyl (C=O) groups excluding carboxylic acids is 2. The molecule has 2 heterocycles. The molecule has 1 fully saturated rings. The van der Waals surface area contributed by atoms with E-state index in [1.54, 1.807) is 49.4 Å². The minimum Gasteiger partial charge on any atom is -0.497 e. The maximum absolute atomic E-state index is 12.6. The Kier molecular flexibility index (Phi) is 6.89. The van der Waals surface area contributed by atoms with Crippen LogP contribution in [0.4, 0.5) is 16.3 Å². The van der Waals surface area contributed by atoms with E-state index in [1.807, 2.05) is 12.1 Å². The molecule has 0 bridgehead atoms. The second kappa shape index (κ2) is 9.77. The van der Waals surface area contributed by atoms with Crippen molar-refractivity contribution in [3.63, 3.8) is 0 Å². The zero-order valence-corrected chi connectivity index (χ0v) is 16.7. The summed E-state index contributed by atoms with van der Waals surface area (Å²) >= 11 is 0. The summed E-state index contributed by atoms with van der Waals surface area (Å²) < 4.78 is 10.2. The molecule has 1 aromatic carbocycles. The molecule has 0 aliphatic carbocycles. The maximum atomic E-state index is 12.6. The quantitative estimate of drug-likeness (QED) is 0.775. The Balaban J connectivity index is 1.57. The van der Waals surface area contributed by atoms with Gasteiger partial charge < -0.3 is 25.0 Å². The lowest BCUT2D eigenvalue weighted by molar-refractivity contribution is 0.0981. The predicted octanol–water partition coefficient (Wildman–Crippen LogP) is 3.38. The number of nitrogens with one attached hydrogen (secondary N) is 2. The van der Waals surface area contributed by atoms with Gasteiger partial charge in [0.05, 0.1) is 13.7 Å². The van der Waals surface area contributed by atoms with Crippen LogP contribution in [0.3, 0.4) is 0 Å². The molecular formula is C21H26N4O4. The normalized spacial score (nSPS) is 14.2. The van der Waals surface area contributed by atoms with Crippen LogP contribution in [-0.2, 0) is 4.74 Å². The summed E-state index contributed by atoms with van der Waals surface area (Å²) in [4.78, 5) is 30.4. The van der Waals surface area contributed by atoms with Crippen molar-refractivity contribution in [2.24, 2.45) is 0 Å². The highest BCUT2D eigenvalue weighted by molar-refractivity contribution is 6.04. The highest BCUT2D eigenvalue weighted by Gasteiger charge is 2.23. The number of likely N-dealkylation sites (tertiary alicyclic amines) is 1. The number of nitrogens with zero attached hydrogens (tertiary/aromatic N) is 2. The van der Waals surface area contributed by atoms with Crippen molar-refractivity contribution in [1.29, 1.82) is 0 Å². The molecule has 8 heteroatoms. The molecule has 0 atom stereocenters. The molecular weight excluding hydrogens is 372 g/mol. The number of aromatic nitrogens is 1. The molecule has 2 amide bonds. The lowest BCUT2D eigenvalue weighted by Gasteiger charge is -2.31. The number of carbonyl (C=O) groups is 2.